The number of halogens is 1. The van der Waals surface area contributed by atoms with Gasteiger partial charge in [-0.1, -0.05) is 12.8 Å². The van der Waals surface area contributed by atoms with Crippen molar-refractivity contribution in [1.29, 1.82) is 5.26 Å². The standard InChI is InChI=1S/C14H17FN2O3S/c1-17(10-14(18)6-2-3-7-14)21(19,20)12-4-5-13(15)11(8-12)9-16/h4-5,8,18H,2-3,6-7,10H2,1H3. The van der Waals surface area contributed by atoms with Crippen LogP contribution in [-0.4, -0.2) is 37.0 Å². The van der Waals surface area contributed by atoms with E-state index in [1.165, 1.54) is 7.05 Å². The van der Waals surface area contributed by atoms with Crippen LogP contribution in [0.2, 0.25) is 0 Å². The van der Waals surface area contributed by atoms with Gasteiger partial charge < -0.3 is 5.11 Å². The predicted molar refractivity (Wildman–Crippen MR) is 74.3 cm³/mol. The molecule has 1 saturated carbocycles. The number of nitriles is 1. The third-order valence-corrected chi connectivity index (χ3v) is 5.62. The topological polar surface area (TPSA) is 81.4 Å². The van der Waals surface area contributed by atoms with Gasteiger partial charge in [-0.2, -0.15) is 9.57 Å². The van der Waals surface area contributed by atoms with E-state index in [9.17, 15) is 17.9 Å². The van der Waals surface area contributed by atoms with Crippen LogP contribution in [0.3, 0.4) is 0 Å². The first kappa shape index (κ1) is 15.9. The molecule has 114 valence electrons. The molecule has 2 rings (SSSR count). The summed E-state index contributed by atoms with van der Waals surface area (Å²) in [6.07, 6.45) is 2.89. The SMILES string of the molecule is CN(CC1(O)CCCC1)S(=O)(=O)c1ccc(F)c(C#N)c1. The van der Waals surface area contributed by atoms with Crippen molar-refractivity contribution in [3.8, 4) is 6.07 Å². The third-order valence-electron chi connectivity index (χ3n) is 3.82. The van der Waals surface area contributed by atoms with E-state index in [0.717, 1.165) is 35.3 Å². The molecule has 1 aromatic carbocycles. The Morgan fingerprint density at radius 2 is 2.05 bits per heavy atom. The summed E-state index contributed by atoms with van der Waals surface area (Å²) in [6.45, 7) is -0.00536. The minimum Gasteiger partial charge on any atom is -0.389 e. The summed E-state index contributed by atoms with van der Waals surface area (Å²) in [5, 5.41) is 19.1. The van der Waals surface area contributed by atoms with Gasteiger partial charge in [0.05, 0.1) is 16.1 Å². The number of benzene rings is 1. The molecule has 1 aliphatic carbocycles. The molecule has 0 unspecified atom stereocenters. The first-order valence-electron chi connectivity index (χ1n) is 6.67. The summed E-state index contributed by atoms with van der Waals surface area (Å²) in [5.41, 5.74) is -1.32. The van der Waals surface area contributed by atoms with Gasteiger partial charge in [0.1, 0.15) is 11.9 Å². The molecule has 0 spiro atoms. The van der Waals surface area contributed by atoms with E-state index < -0.39 is 21.4 Å². The van der Waals surface area contributed by atoms with Gasteiger partial charge in [0.25, 0.3) is 0 Å². The number of likely N-dealkylation sites (N-methyl/N-ethyl adjacent to an activating group) is 1. The van der Waals surface area contributed by atoms with Crippen LogP contribution in [0, 0.1) is 17.1 Å². The lowest BCUT2D eigenvalue weighted by Gasteiger charge is -2.28. The van der Waals surface area contributed by atoms with Gasteiger partial charge in [0.2, 0.25) is 10.0 Å². The van der Waals surface area contributed by atoms with Gasteiger partial charge in [0, 0.05) is 13.6 Å². The lowest BCUT2D eigenvalue weighted by molar-refractivity contribution is 0.0333. The molecule has 0 amide bonds. The summed E-state index contributed by atoms with van der Waals surface area (Å²) >= 11 is 0. The van der Waals surface area contributed by atoms with Crippen LogP contribution in [0.4, 0.5) is 4.39 Å². The lowest BCUT2D eigenvalue weighted by atomic mass is 10.0. The average molecular weight is 312 g/mol. The summed E-state index contributed by atoms with van der Waals surface area (Å²) < 4.78 is 39.2. The second-order valence-electron chi connectivity index (χ2n) is 5.45. The maximum Gasteiger partial charge on any atom is 0.242 e. The van der Waals surface area contributed by atoms with E-state index in [0.29, 0.717) is 12.8 Å². The highest BCUT2D eigenvalue weighted by Crippen LogP contribution is 2.31. The van der Waals surface area contributed by atoms with Crippen molar-refractivity contribution in [2.24, 2.45) is 0 Å². The van der Waals surface area contributed by atoms with Crippen molar-refractivity contribution in [2.45, 2.75) is 36.2 Å². The number of aliphatic hydroxyl groups is 1. The molecular weight excluding hydrogens is 295 g/mol. The zero-order valence-corrected chi connectivity index (χ0v) is 12.5. The Bertz CT molecular complexity index is 676. The van der Waals surface area contributed by atoms with Crippen LogP contribution in [0.25, 0.3) is 0 Å². The van der Waals surface area contributed by atoms with E-state index in [1.807, 2.05) is 0 Å². The van der Waals surface area contributed by atoms with E-state index in [1.54, 1.807) is 6.07 Å². The molecule has 1 aromatic rings. The first-order chi connectivity index (χ1) is 9.78. The number of hydrogen-bond acceptors (Lipinski definition) is 4. The monoisotopic (exact) mass is 312 g/mol. The second-order valence-corrected chi connectivity index (χ2v) is 7.49. The van der Waals surface area contributed by atoms with Gasteiger partial charge >= 0.3 is 0 Å². The molecule has 0 heterocycles. The molecule has 0 aromatic heterocycles. The van der Waals surface area contributed by atoms with E-state index in [4.69, 9.17) is 5.26 Å². The molecule has 21 heavy (non-hydrogen) atoms. The Morgan fingerprint density at radius 3 is 2.62 bits per heavy atom. The molecule has 0 radical (unpaired) electrons. The highest BCUT2D eigenvalue weighted by molar-refractivity contribution is 7.89. The molecule has 1 N–H and O–H groups in total. The Labute approximate surface area is 123 Å². The van der Waals surface area contributed by atoms with Crippen molar-refractivity contribution in [3.05, 3.63) is 29.6 Å². The van der Waals surface area contributed by atoms with E-state index in [-0.39, 0.29) is 17.0 Å². The Kier molecular flexibility index (Phi) is 4.33. The van der Waals surface area contributed by atoms with Crippen molar-refractivity contribution in [1.82, 2.24) is 4.31 Å². The fourth-order valence-electron chi connectivity index (χ4n) is 2.62. The van der Waals surface area contributed by atoms with Crippen LogP contribution in [0.15, 0.2) is 23.1 Å². The Hall–Kier alpha value is -1.49. The maximum atomic E-state index is 13.3. The number of sulfonamides is 1. The van der Waals surface area contributed by atoms with Crippen LogP contribution in [-0.2, 0) is 10.0 Å². The highest BCUT2D eigenvalue weighted by atomic mass is 32.2. The van der Waals surface area contributed by atoms with E-state index >= 15 is 0 Å². The normalized spacial score (nSPS) is 17.9. The zero-order valence-electron chi connectivity index (χ0n) is 11.7. The summed E-state index contributed by atoms with van der Waals surface area (Å²) in [5.74, 6) is -0.756. The van der Waals surface area contributed by atoms with Crippen LogP contribution in [0.5, 0.6) is 0 Å². The molecule has 5 nitrogen and oxygen atoms in total. The molecular formula is C14H17FN2O3S. The van der Waals surface area contributed by atoms with Crippen LogP contribution < -0.4 is 0 Å². The first-order valence-corrected chi connectivity index (χ1v) is 8.11. The minimum absolute atomic E-state index is 0.00536. The molecule has 0 aliphatic heterocycles. The van der Waals surface area contributed by atoms with Crippen molar-refractivity contribution < 1.29 is 17.9 Å². The molecule has 0 bridgehead atoms. The van der Waals surface area contributed by atoms with Crippen molar-refractivity contribution in [3.63, 3.8) is 0 Å². The molecule has 0 atom stereocenters. The van der Waals surface area contributed by atoms with Gasteiger partial charge in [-0.25, -0.2) is 12.8 Å². The largest absolute Gasteiger partial charge is 0.389 e. The summed E-state index contributed by atoms with van der Waals surface area (Å²) in [4.78, 5) is -0.149. The second kappa shape index (κ2) is 5.72. The van der Waals surface area contributed by atoms with Gasteiger partial charge in [-0.05, 0) is 31.0 Å². The molecule has 7 heteroatoms. The fourth-order valence-corrected chi connectivity index (χ4v) is 3.90. The van der Waals surface area contributed by atoms with Crippen LogP contribution >= 0.6 is 0 Å². The van der Waals surface area contributed by atoms with Crippen molar-refractivity contribution >= 4 is 10.0 Å². The quantitative estimate of drug-likeness (QED) is 0.916. The average Bonchev–Trinajstić information content (AvgIpc) is 2.85. The predicted octanol–water partition coefficient (Wildman–Crippen LogP) is 1.62. The van der Waals surface area contributed by atoms with Gasteiger partial charge in [0.15, 0.2) is 0 Å². The molecule has 1 aliphatic rings. The van der Waals surface area contributed by atoms with Gasteiger partial charge in [-0.3, -0.25) is 0 Å². The smallest absolute Gasteiger partial charge is 0.242 e. The maximum absolute atomic E-state index is 13.3. The number of nitrogens with zero attached hydrogens (tertiary/aromatic N) is 2. The minimum atomic E-state index is -3.86. The lowest BCUT2D eigenvalue weighted by Crippen LogP contribution is -2.42. The third kappa shape index (κ3) is 3.23. The fraction of sp³-hybridized carbons (Fsp3) is 0.500. The Morgan fingerprint density at radius 1 is 1.43 bits per heavy atom. The Balaban J connectivity index is 2.27. The zero-order chi connectivity index (χ0) is 15.7. The molecule has 1 fully saturated rings. The number of hydrogen-bond donors (Lipinski definition) is 1. The van der Waals surface area contributed by atoms with Crippen molar-refractivity contribution in [2.75, 3.05) is 13.6 Å². The highest BCUT2D eigenvalue weighted by Gasteiger charge is 2.35. The summed E-state index contributed by atoms with van der Waals surface area (Å²) in [6, 6.07) is 4.72. The summed E-state index contributed by atoms with van der Waals surface area (Å²) in [7, 11) is -2.48. The van der Waals surface area contributed by atoms with Gasteiger partial charge in [-0.15, -0.1) is 0 Å². The molecule has 0 saturated heterocycles. The number of rotatable bonds is 4. The van der Waals surface area contributed by atoms with E-state index in [2.05, 4.69) is 0 Å². The van der Waals surface area contributed by atoms with Crippen LogP contribution in [0.1, 0.15) is 31.2 Å².